The molecule has 10 heteroatoms. The average Bonchev–Trinajstić information content (AvgIpc) is 2.22. The third-order valence-corrected chi connectivity index (χ3v) is 2.61. The minimum absolute atomic E-state index is 0.473. The van der Waals surface area contributed by atoms with E-state index in [1.807, 2.05) is 0 Å². The van der Waals surface area contributed by atoms with Crippen molar-refractivity contribution in [3.63, 3.8) is 0 Å². The highest BCUT2D eigenvalue weighted by Gasteiger charge is 2.43. The molecule has 8 N–H and O–H groups in total. The second-order valence-electron chi connectivity index (χ2n) is 3.64. The molecule has 0 bridgehead atoms. The van der Waals surface area contributed by atoms with Crippen molar-refractivity contribution >= 4 is 8.17 Å². The van der Waals surface area contributed by atoms with Gasteiger partial charge in [0.25, 0.3) is 0 Å². The number of rotatable bonds is 7. The SMILES string of the molecule is CC(CO)[C@@H](O)C(O)C(O)[C@H](O)O[P+](O)(O)O. The summed E-state index contributed by atoms with van der Waals surface area (Å²) in [5, 5.41) is 45.8. The molecule has 0 aliphatic carbocycles. The molecule has 0 radical (unpaired) electrons. The molecule has 17 heavy (non-hydrogen) atoms. The maximum absolute atomic E-state index is 9.39. The number of hydrogen-bond acceptors (Lipinski definition) is 9. The summed E-state index contributed by atoms with van der Waals surface area (Å²) in [6.45, 7) is 0.897. The van der Waals surface area contributed by atoms with Gasteiger partial charge in [-0.15, -0.1) is 4.52 Å². The Morgan fingerprint density at radius 1 is 0.941 bits per heavy atom. The molecule has 0 aromatic carbocycles. The molecule has 0 rings (SSSR count). The zero-order valence-electron chi connectivity index (χ0n) is 9.03. The predicted molar refractivity (Wildman–Crippen MR) is 54.9 cm³/mol. The van der Waals surface area contributed by atoms with Crippen molar-refractivity contribution in [1.29, 1.82) is 0 Å². The molecule has 0 aromatic heterocycles. The zero-order valence-corrected chi connectivity index (χ0v) is 9.92. The van der Waals surface area contributed by atoms with Gasteiger partial charge in [-0.3, -0.25) is 0 Å². The van der Waals surface area contributed by atoms with E-state index >= 15 is 0 Å². The number of hydrogen-bond donors (Lipinski definition) is 8. The maximum atomic E-state index is 9.39. The Bertz CT molecular complexity index is 220. The zero-order chi connectivity index (χ0) is 13.8. The first-order valence-corrected chi connectivity index (χ1v) is 6.25. The van der Waals surface area contributed by atoms with E-state index in [0.717, 1.165) is 0 Å². The highest BCUT2D eigenvalue weighted by Crippen LogP contribution is 2.47. The van der Waals surface area contributed by atoms with Crippen LogP contribution in [0.3, 0.4) is 0 Å². The van der Waals surface area contributed by atoms with Gasteiger partial charge in [0.15, 0.2) is 0 Å². The van der Waals surface area contributed by atoms with E-state index in [1.54, 1.807) is 0 Å². The van der Waals surface area contributed by atoms with Crippen LogP contribution in [-0.4, -0.2) is 71.4 Å². The minimum atomic E-state index is -4.78. The highest BCUT2D eigenvalue weighted by molar-refractivity contribution is 7.53. The molecule has 5 atom stereocenters. The van der Waals surface area contributed by atoms with E-state index in [0.29, 0.717) is 0 Å². The Labute approximate surface area is 97.8 Å². The molecular formula is C7H18O9P+. The van der Waals surface area contributed by atoms with Crippen molar-refractivity contribution in [1.82, 2.24) is 0 Å². The summed E-state index contributed by atoms with van der Waals surface area (Å²) in [6, 6.07) is 0. The summed E-state index contributed by atoms with van der Waals surface area (Å²) in [7, 11) is -4.78. The second kappa shape index (κ2) is 6.86. The molecule has 0 spiro atoms. The van der Waals surface area contributed by atoms with E-state index in [2.05, 4.69) is 4.52 Å². The molecule has 3 unspecified atom stereocenters. The molecule has 0 saturated heterocycles. The van der Waals surface area contributed by atoms with Crippen LogP contribution in [-0.2, 0) is 4.52 Å². The van der Waals surface area contributed by atoms with Gasteiger partial charge in [0.2, 0.25) is 6.29 Å². The van der Waals surface area contributed by atoms with Gasteiger partial charge >= 0.3 is 8.17 Å². The van der Waals surface area contributed by atoms with Gasteiger partial charge in [-0.2, -0.15) is 14.7 Å². The van der Waals surface area contributed by atoms with Crippen LogP contribution in [0.4, 0.5) is 0 Å². The van der Waals surface area contributed by atoms with Crippen LogP contribution < -0.4 is 0 Å². The fraction of sp³-hybridized carbons (Fsp3) is 1.00. The molecule has 104 valence electrons. The Hall–Kier alpha value is 0.0700. The van der Waals surface area contributed by atoms with Gasteiger partial charge in [0, 0.05) is 12.5 Å². The van der Waals surface area contributed by atoms with Gasteiger partial charge < -0.3 is 25.5 Å². The summed E-state index contributed by atoms with van der Waals surface area (Å²) < 4.78 is 3.83. The molecule has 0 amide bonds. The van der Waals surface area contributed by atoms with Crippen LogP contribution in [0.5, 0.6) is 0 Å². The first kappa shape index (κ1) is 17.1. The molecular weight excluding hydrogens is 259 g/mol. The minimum Gasteiger partial charge on any atom is -0.396 e. The Morgan fingerprint density at radius 2 is 1.41 bits per heavy atom. The largest absolute Gasteiger partial charge is 0.570 e. The third-order valence-electron chi connectivity index (χ3n) is 2.11. The summed E-state index contributed by atoms with van der Waals surface area (Å²) >= 11 is 0. The molecule has 0 aromatic rings. The lowest BCUT2D eigenvalue weighted by Crippen LogP contribution is -2.48. The van der Waals surface area contributed by atoms with Crippen molar-refractivity contribution in [2.75, 3.05) is 6.61 Å². The maximum Gasteiger partial charge on any atom is 0.570 e. The van der Waals surface area contributed by atoms with Crippen molar-refractivity contribution in [3.8, 4) is 0 Å². The first-order valence-electron chi connectivity index (χ1n) is 4.69. The van der Waals surface area contributed by atoms with E-state index in [1.165, 1.54) is 6.92 Å². The molecule has 0 saturated carbocycles. The van der Waals surface area contributed by atoms with Crippen LogP contribution in [0.2, 0.25) is 0 Å². The lowest BCUT2D eigenvalue weighted by atomic mass is 9.97. The van der Waals surface area contributed by atoms with E-state index in [4.69, 9.17) is 24.9 Å². The smallest absolute Gasteiger partial charge is 0.396 e. The molecule has 9 nitrogen and oxygen atoms in total. The first-order chi connectivity index (χ1) is 7.60. The lowest BCUT2D eigenvalue weighted by molar-refractivity contribution is -0.180. The van der Waals surface area contributed by atoms with E-state index in [9.17, 15) is 15.3 Å². The normalized spacial score (nSPS) is 21.7. The van der Waals surface area contributed by atoms with Gasteiger partial charge in [-0.05, 0) is 0 Å². The van der Waals surface area contributed by atoms with Crippen LogP contribution in [0.1, 0.15) is 6.92 Å². The Balaban J connectivity index is 4.43. The van der Waals surface area contributed by atoms with Crippen molar-refractivity contribution < 1.29 is 44.7 Å². The van der Waals surface area contributed by atoms with Crippen molar-refractivity contribution in [2.45, 2.75) is 31.5 Å². The topological polar surface area (TPSA) is 171 Å². The lowest BCUT2D eigenvalue weighted by Gasteiger charge is -2.27. The quantitative estimate of drug-likeness (QED) is 0.175. The van der Waals surface area contributed by atoms with Crippen LogP contribution in [0, 0.1) is 5.92 Å². The van der Waals surface area contributed by atoms with Crippen molar-refractivity contribution in [3.05, 3.63) is 0 Å². The summed E-state index contributed by atoms with van der Waals surface area (Å²) in [4.78, 5) is 25.4. The summed E-state index contributed by atoms with van der Waals surface area (Å²) in [5.74, 6) is -0.788. The third kappa shape index (κ3) is 5.98. The average molecular weight is 277 g/mol. The second-order valence-corrected chi connectivity index (χ2v) is 4.88. The summed E-state index contributed by atoms with van der Waals surface area (Å²) in [5.41, 5.74) is 0. The molecule has 0 heterocycles. The number of aliphatic hydroxyl groups excluding tert-OH is 5. The van der Waals surface area contributed by atoms with E-state index < -0.39 is 45.3 Å². The highest BCUT2D eigenvalue weighted by atomic mass is 31.2. The fourth-order valence-corrected chi connectivity index (χ4v) is 1.44. The number of aliphatic hydroxyl groups is 5. The van der Waals surface area contributed by atoms with Crippen LogP contribution >= 0.6 is 8.17 Å². The molecule has 0 fully saturated rings. The predicted octanol–water partition coefficient (Wildman–Crippen LogP) is -3.31. The van der Waals surface area contributed by atoms with Gasteiger partial charge in [-0.1, -0.05) is 6.92 Å². The van der Waals surface area contributed by atoms with E-state index in [-0.39, 0.29) is 0 Å². The summed E-state index contributed by atoms with van der Waals surface area (Å²) in [6.07, 6.45) is -7.88. The van der Waals surface area contributed by atoms with Gasteiger partial charge in [-0.25, -0.2) is 0 Å². The van der Waals surface area contributed by atoms with Crippen LogP contribution in [0.25, 0.3) is 0 Å². The standard InChI is InChI=1S/C7H18O9P/c1-3(2-8)4(9)5(10)6(11)7(12)16-17(13,14)15/h3-15H,2H2,1H3/q+1/t3?,4-,5?,6?,7-/m1/s1. The fourth-order valence-electron chi connectivity index (χ4n) is 1.02. The van der Waals surface area contributed by atoms with Gasteiger partial charge in [0.05, 0.1) is 6.10 Å². The Kier molecular flexibility index (Phi) is 6.89. The monoisotopic (exact) mass is 277 g/mol. The molecule has 0 aliphatic heterocycles. The van der Waals surface area contributed by atoms with Gasteiger partial charge in [0.1, 0.15) is 12.2 Å². The van der Waals surface area contributed by atoms with Crippen LogP contribution in [0.15, 0.2) is 0 Å². The molecule has 0 aliphatic rings. The van der Waals surface area contributed by atoms with Crippen molar-refractivity contribution in [2.24, 2.45) is 5.92 Å². The Morgan fingerprint density at radius 3 is 1.76 bits per heavy atom.